The van der Waals surface area contributed by atoms with Crippen molar-refractivity contribution < 1.29 is 28.5 Å². The third-order valence-corrected chi connectivity index (χ3v) is 6.17. The van der Waals surface area contributed by atoms with Crippen molar-refractivity contribution in [2.75, 3.05) is 6.61 Å². The second-order valence-electron chi connectivity index (χ2n) is 8.97. The van der Waals surface area contributed by atoms with E-state index in [2.05, 4.69) is 6.58 Å². The Morgan fingerprint density at radius 2 is 1.30 bits per heavy atom. The van der Waals surface area contributed by atoms with Crippen LogP contribution in [0.15, 0.2) is 104 Å². The summed E-state index contributed by atoms with van der Waals surface area (Å²) in [5.74, 6) is -0.414. The Morgan fingerprint density at radius 1 is 0.811 bits per heavy atom. The third kappa shape index (κ3) is 7.84. The van der Waals surface area contributed by atoms with Gasteiger partial charge in [0.2, 0.25) is 0 Å². The van der Waals surface area contributed by atoms with Crippen LogP contribution < -0.4 is 0 Å². The van der Waals surface area contributed by atoms with Gasteiger partial charge in [-0.3, -0.25) is 4.79 Å². The van der Waals surface area contributed by atoms with Gasteiger partial charge in [-0.1, -0.05) is 97.1 Å². The number of esters is 1. The topological polar surface area (TPSA) is 63.2 Å². The molecule has 37 heavy (non-hydrogen) atoms. The average Bonchev–Trinajstić information content (AvgIpc) is 3.29. The lowest BCUT2D eigenvalue weighted by atomic mass is 10.0. The second-order valence-corrected chi connectivity index (χ2v) is 8.97. The molecule has 194 valence electrons. The van der Waals surface area contributed by atoms with Crippen molar-refractivity contribution in [3.8, 4) is 0 Å². The highest BCUT2D eigenvalue weighted by atomic mass is 16.6. The molecule has 6 heteroatoms. The molecule has 6 nitrogen and oxygen atoms in total. The monoisotopic (exact) mass is 502 g/mol. The molecule has 0 aliphatic carbocycles. The Hall–Kier alpha value is -3.29. The molecule has 0 N–H and O–H groups in total. The summed E-state index contributed by atoms with van der Waals surface area (Å²) >= 11 is 0. The summed E-state index contributed by atoms with van der Waals surface area (Å²) in [6.45, 7) is 6.63. The van der Waals surface area contributed by atoms with Crippen LogP contribution in [0.5, 0.6) is 0 Å². The zero-order chi connectivity index (χ0) is 25.9. The second kappa shape index (κ2) is 13.9. The Morgan fingerprint density at radius 3 is 1.78 bits per heavy atom. The van der Waals surface area contributed by atoms with Crippen molar-refractivity contribution in [2.24, 2.45) is 0 Å². The number of benzene rings is 3. The molecule has 3 aromatic rings. The molecule has 1 aliphatic heterocycles. The predicted molar refractivity (Wildman–Crippen MR) is 141 cm³/mol. The molecular formula is C31H34O6. The van der Waals surface area contributed by atoms with Crippen LogP contribution in [0.1, 0.15) is 23.6 Å². The fraction of sp³-hybridized carbons (Fsp3) is 0.323. The third-order valence-electron chi connectivity index (χ3n) is 6.17. The smallest absolute Gasteiger partial charge is 0.303 e. The molecular weight excluding hydrogens is 468 g/mol. The standard InChI is InChI=1S/C31H34O6/c1-3-27-29(34-20-25-15-9-5-10-16-25)31(35-21-26-17-11-6-12-18-26)30(37-27)28(36-23(2)32)22-33-19-24-13-7-4-8-14-24/h3-18,27-31H,1,19-22H2,2H3/t27-,28+,29-,30-,31+/m0/s1. The van der Waals surface area contributed by atoms with Gasteiger partial charge in [0.25, 0.3) is 0 Å². The number of hydrogen-bond acceptors (Lipinski definition) is 6. The summed E-state index contributed by atoms with van der Waals surface area (Å²) < 4.78 is 30.8. The molecule has 0 aromatic heterocycles. The minimum atomic E-state index is -0.685. The van der Waals surface area contributed by atoms with Crippen LogP contribution in [0, 0.1) is 0 Å². The predicted octanol–water partition coefficient (Wildman–Crippen LogP) is 5.26. The maximum absolute atomic E-state index is 12.0. The first kappa shape index (κ1) is 26.8. The molecule has 0 unspecified atom stereocenters. The fourth-order valence-corrected chi connectivity index (χ4v) is 4.39. The molecule has 3 aromatic carbocycles. The van der Waals surface area contributed by atoms with E-state index in [0.717, 1.165) is 16.7 Å². The quantitative estimate of drug-likeness (QED) is 0.235. The van der Waals surface area contributed by atoms with Gasteiger partial charge in [0, 0.05) is 6.92 Å². The number of hydrogen-bond donors (Lipinski definition) is 0. The lowest BCUT2D eigenvalue weighted by molar-refractivity contribution is -0.167. The van der Waals surface area contributed by atoms with Gasteiger partial charge in [-0.05, 0) is 16.7 Å². The molecule has 0 radical (unpaired) electrons. The van der Waals surface area contributed by atoms with Crippen LogP contribution in [0.2, 0.25) is 0 Å². The zero-order valence-electron chi connectivity index (χ0n) is 21.1. The molecule has 1 fully saturated rings. The summed E-state index contributed by atoms with van der Waals surface area (Å²) in [4.78, 5) is 12.0. The molecule has 5 atom stereocenters. The van der Waals surface area contributed by atoms with Crippen LogP contribution in [0.25, 0.3) is 0 Å². The maximum Gasteiger partial charge on any atom is 0.303 e. The fourth-order valence-electron chi connectivity index (χ4n) is 4.39. The van der Waals surface area contributed by atoms with Gasteiger partial charge in [0.1, 0.15) is 24.4 Å². The van der Waals surface area contributed by atoms with Gasteiger partial charge in [-0.25, -0.2) is 0 Å². The van der Waals surface area contributed by atoms with Crippen molar-refractivity contribution in [3.05, 3.63) is 120 Å². The van der Waals surface area contributed by atoms with Crippen LogP contribution in [0.3, 0.4) is 0 Å². The SMILES string of the molecule is C=C[C@@H]1O[C@@H]([C@@H](COCc2ccccc2)OC(C)=O)[C@H](OCc2ccccc2)[C@H]1OCc1ccccc1. The molecule has 1 saturated heterocycles. The van der Waals surface area contributed by atoms with Gasteiger partial charge < -0.3 is 23.7 Å². The molecule has 4 rings (SSSR count). The number of carbonyl (C=O) groups is 1. The van der Waals surface area contributed by atoms with E-state index in [1.165, 1.54) is 6.92 Å². The van der Waals surface area contributed by atoms with Crippen LogP contribution in [-0.2, 0) is 48.3 Å². The van der Waals surface area contributed by atoms with Crippen molar-refractivity contribution in [2.45, 2.75) is 57.3 Å². The number of ether oxygens (including phenoxy) is 5. The van der Waals surface area contributed by atoms with E-state index < -0.39 is 36.5 Å². The van der Waals surface area contributed by atoms with E-state index in [1.54, 1.807) is 6.08 Å². The zero-order valence-corrected chi connectivity index (χ0v) is 21.1. The average molecular weight is 503 g/mol. The van der Waals surface area contributed by atoms with Gasteiger partial charge in [0.05, 0.1) is 26.4 Å². The van der Waals surface area contributed by atoms with Crippen molar-refractivity contribution in [1.82, 2.24) is 0 Å². The summed E-state index contributed by atoms with van der Waals surface area (Å²) in [7, 11) is 0. The molecule has 0 saturated carbocycles. The lowest BCUT2D eigenvalue weighted by Crippen LogP contribution is -2.45. The summed E-state index contributed by atoms with van der Waals surface area (Å²) in [5, 5.41) is 0. The number of carbonyl (C=O) groups excluding carboxylic acids is 1. The summed E-state index contributed by atoms with van der Waals surface area (Å²) in [6, 6.07) is 29.7. The van der Waals surface area contributed by atoms with Crippen LogP contribution in [-0.4, -0.2) is 43.1 Å². The first-order valence-electron chi connectivity index (χ1n) is 12.5. The summed E-state index contributed by atoms with van der Waals surface area (Å²) in [6.07, 6.45) is -0.983. The molecule has 0 spiro atoms. The van der Waals surface area contributed by atoms with Gasteiger partial charge in [-0.15, -0.1) is 6.58 Å². The van der Waals surface area contributed by atoms with Crippen molar-refractivity contribution >= 4 is 5.97 Å². The van der Waals surface area contributed by atoms with Crippen molar-refractivity contribution in [1.29, 1.82) is 0 Å². The van der Waals surface area contributed by atoms with E-state index in [-0.39, 0.29) is 6.61 Å². The first-order valence-corrected chi connectivity index (χ1v) is 12.5. The van der Waals surface area contributed by atoms with Crippen LogP contribution >= 0.6 is 0 Å². The summed E-state index contributed by atoms with van der Waals surface area (Å²) in [5.41, 5.74) is 3.09. The molecule has 0 amide bonds. The van der Waals surface area contributed by atoms with Gasteiger partial charge in [0.15, 0.2) is 6.10 Å². The van der Waals surface area contributed by atoms with Crippen LogP contribution in [0.4, 0.5) is 0 Å². The Balaban J connectivity index is 1.52. The molecule has 1 heterocycles. The lowest BCUT2D eigenvalue weighted by Gasteiger charge is -2.29. The van der Waals surface area contributed by atoms with Gasteiger partial charge >= 0.3 is 5.97 Å². The molecule has 0 bridgehead atoms. The highest BCUT2D eigenvalue weighted by molar-refractivity contribution is 5.66. The minimum Gasteiger partial charge on any atom is -0.457 e. The highest BCUT2D eigenvalue weighted by Gasteiger charge is 2.49. The van der Waals surface area contributed by atoms with Gasteiger partial charge in [-0.2, -0.15) is 0 Å². The van der Waals surface area contributed by atoms with E-state index in [9.17, 15) is 4.79 Å². The molecule has 1 aliphatic rings. The normalized spacial score (nSPS) is 21.9. The van der Waals surface area contributed by atoms with E-state index in [0.29, 0.717) is 19.8 Å². The Kier molecular flexibility index (Phi) is 10.0. The highest BCUT2D eigenvalue weighted by Crippen LogP contribution is 2.32. The number of rotatable bonds is 13. The van der Waals surface area contributed by atoms with Crippen molar-refractivity contribution in [3.63, 3.8) is 0 Å². The Labute approximate surface area is 218 Å². The minimum absolute atomic E-state index is 0.152. The Bertz CT molecular complexity index is 1090. The largest absolute Gasteiger partial charge is 0.457 e. The van der Waals surface area contributed by atoms with E-state index in [4.69, 9.17) is 23.7 Å². The maximum atomic E-state index is 12.0. The first-order chi connectivity index (χ1) is 18.1. The van der Waals surface area contributed by atoms with E-state index >= 15 is 0 Å². The van der Waals surface area contributed by atoms with E-state index in [1.807, 2.05) is 91.0 Å².